The molecule has 2 aromatic heterocycles. The summed E-state index contributed by atoms with van der Waals surface area (Å²) in [7, 11) is 0. The van der Waals surface area contributed by atoms with Gasteiger partial charge in [0, 0.05) is 11.8 Å². The van der Waals surface area contributed by atoms with Crippen molar-refractivity contribution in [2.45, 2.75) is 25.8 Å². The van der Waals surface area contributed by atoms with Gasteiger partial charge in [0.25, 0.3) is 5.56 Å². The molecule has 2 aromatic rings. The zero-order valence-electron chi connectivity index (χ0n) is 10.2. The van der Waals surface area contributed by atoms with E-state index in [1.54, 1.807) is 22.8 Å². The third-order valence-corrected chi connectivity index (χ3v) is 4.00. The molecule has 0 spiro atoms. The van der Waals surface area contributed by atoms with Crippen molar-refractivity contribution in [1.82, 2.24) is 9.55 Å². The van der Waals surface area contributed by atoms with Gasteiger partial charge in [0.2, 0.25) is 0 Å². The van der Waals surface area contributed by atoms with Gasteiger partial charge in [-0.2, -0.15) is 0 Å². The van der Waals surface area contributed by atoms with Gasteiger partial charge in [0.1, 0.15) is 5.15 Å². The van der Waals surface area contributed by atoms with Gasteiger partial charge in [-0.05, 0) is 37.0 Å². The highest BCUT2D eigenvalue weighted by molar-refractivity contribution is 6.32. The third-order valence-electron chi connectivity index (χ3n) is 3.44. The van der Waals surface area contributed by atoms with Crippen molar-refractivity contribution in [2.24, 2.45) is 0 Å². The molecule has 0 saturated heterocycles. The van der Waals surface area contributed by atoms with Gasteiger partial charge >= 0.3 is 0 Å². The second kappa shape index (κ2) is 4.99. The molecule has 98 valence electrons. The molecule has 0 unspecified atom stereocenters. The highest BCUT2D eigenvalue weighted by atomic mass is 35.5. The van der Waals surface area contributed by atoms with Gasteiger partial charge in [-0.3, -0.25) is 4.79 Å². The van der Waals surface area contributed by atoms with E-state index in [9.17, 15) is 4.79 Å². The minimum absolute atomic E-state index is 0.0153. The summed E-state index contributed by atoms with van der Waals surface area (Å²) in [6.45, 7) is 0.376. The molecule has 0 atom stereocenters. The van der Waals surface area contributed by atoms with Gasteiger partial charge in [0.05, 0.1) is 17.3 Å². The Morgan fingerprint density at radius 3 is 2.84 bits per heavy atom. The summed E-state index contributed by atoms with van der Waals surface area (Å²) in [6, 6.07) is 6.89. The van der Waals surface area contributed by atoms with Crippen LogP contribution in [-0.4, -0.2) is 9.55 Å². The summed E-state index contributed by atoms with van der Waals surface area (Å²) in [4.78, 5) is 16.2. The molecule has 0 N–H and O–H groups in total. The predicted octanol–water partition coefficient (Wildman–Crippen LogP) is 3.09. The monoisotopic (exact) mass is 294 g/mol. The van der Waals surface area contributed by atoms with Crippen molar-refractivity contribution in [2.75, 3.05) is 0 Å². The molecule has 3 nitrogen and oxygen atoms in total. The number of hydrogen-bond acceptors (Lipinski definition) is 2. The van der Waals surface area contributed by atoms with Crippen LogP contribution in [0.4, 0.5) is 0 Å². The first kappa shape index (κ1) is 12.7. The van der Waals surface area contributed by atoms with Crippen LogP contribution in [0.15, 0.2) is 29.1 Å². The van der Waals surface area contributed by atoms with Crippen LogP contribution in [0.3, 0.4) is 0 Å². The lowest BCUT2D eigenvalue weighted by molar-refractivity contribution is 0.693. The molecule has 3 rings (SSSR count). The Bertz CT molecular complexity index is 694. The Hall–Kier alpha value is -1.32. The summed E-state index contributed by atoms with van der Waals surface area (Å²) in [5.74, 6) is 0. The first-order chi connectivity index (χ1) is 9.15. The number of rotatable bonds is 2. The smallest absolute Gasteiger partial charge is 0.251 e. The van der Waals surface area contributed by atoms with Crippen LogP contribution >= 0.6 is 23.2 Å². The zero-order valence-corrected chi connectivity index (χ0v) is 11.7. The molecule has 0 amide bonds. The first-order valence-corrected chi connectivity index (χ1v) is 6.93. The molecule has 1 aliphatic rings. The zero-order chi connectivity index (χ0) is 13.4. The van der Waals surface area contributed by atoms with Crippen molar-refractivity contribution < 1.29 is 0 Å². The Morgan fingerprint density at radius 1 is 1.16 bits per heavy atom. The molecule has 0 saturated carbocycles. The number of hydrogen-bond donors (Lipinski definition) is 0. The molecule has 0 aromatic carbocycles. The molecule has 0 bridgehead atoms. The van der Waals surface area contributed by atoms with Crippen molar-refractivity contribution in [3.63, 3.8) is 0 Å². The maximum absolute atomic E-state index is 12.0. The summed E-state index contributed by atoms with van der Waals surface area (Å²) >= 11 is 12.0. The van der Waals surface area contributed by atoms with Gasteiger partial charge in [-0.25, -0.2) is 4.98 Å². The maximum atomic E-state index is 12.0. The van der Waals surface area contributed by atoms with E-state index in [1.807, 2.05) is 6.07 Å². The topological polar surface area (TPSA) is 34.9 Å². The fourth-order valence-corrected chi connectivity index (χ4v) is 2.86. The minimum atomic E-state index is -0.0153. The van der Waals surface area contributed by atoms with E-state index in [0.717, 1.165) is 25.0 Å². The SMILES string of the molecule is O=c1ccc2c(n1Cc1nc(Cl)ccc1Cl)CCC2. The fraction of sp³-hybridized carbons (Fsp3) is 0.286. The Kier molecular flexibility index (Phi) is 3.33. The Labute approximate surface area is 120 Å². The minimum Gasteiger partial charge on any atom is -0.306 e. The van der Waals surface area contributed by atoms with Crippen LogP contribution in [-0.2, 0) is 19.4 Å². The van der Waals surface area contributed by atoms with Crippen molar-refractivity contribution >= 4 is 23.2 Å². The Morgan fingerprint density at radius 2 is 2.00 bits per heavy atom. The lowest BCUT2D eigenvalue weighted by Gasteiger charge is -2.12. The van der Waals surface area contributed by atoms with Crippen LogP contribution in [0.25, 0.3) is 0 Å². The number of nitrogens with zero attached hydrogens (tertiary/aromatic N) is 2. The molecule has 0 aliphatic heterocycles. The van der Waals surface area contributed by atoms with Crippen LogP contribution in [0, 0.1) is 0 Å². The summed E-state index contributed by atoms with van der Waals surface area (Å²) in [5, 5.41) is 0.923. The van der Waals surface area contributed by atoms with Crippen molar-refractivity contribution in [3.05, 3.63) is 61.7 Å². The quantitative estimate of drug-likeness (QED) is 0.798. The largest absolute Gasteiger partial charge is 0.306 e. The van der Waals surface area contributed by atoms with E-state index in [2.05, 4.69) is 4.98 Å². The number of fused-ring (bicyclic) bond motifs is 1. The summed E-state index contributed by atoms with van der Waals surface area (Å²) in [6.07, 6.45) is 3.06. The van der Waals surface area contributed by atoms with E-state index in [1.165, 1.54) is 5.56 Å². The van der Waals surface area contributed by atoms with E-state index in [0.29, 0.717) is 22.4 Å². The second-order valence-electron chi connectivity index (χ2n) is 4.65. The standard InChI is InChI=1S/C14H12Cl2N2O/c15-10-5-6-13(16)17-11(10)8-18-12-3-1-2-9(12)4-7-14(18)19/h4-7H,1-3,8H2. The van der Waals surface area contributed by atoms with Crippen LogP contribution in [0.5, 0.6) is 0 Å². The molecule has 0 radical (unpaired) electrons. The van der Waals surface area contributed by atoms with Gasteiger partial charge in [0.15, 0.2) is 0 Å². The summed E-state index contributed by atoms with van der Waals surface area (Å²) in [5.41, 5.74) is 2.97. The fourth-order valence-electron chi connectivity index (χ4n) is 2.53. The molecular weight excluding hydrogens is 283 g/mol. The van der Waals surface area contributed by atoms with E-state index in [-0.39, 0.29) is 5.56 Å². The second-order valence-corrected chi connectivity index (χ2v) is 5.44. The van der Waals surface area contributed by atoms with Crippen molar-refractivity contribution in [1.29, 1.82) is 0 Å². The highest BCUT2D eigenvalue weighted by Crippen LogP contribution is 2.22. The predicted molar refractivity (Wildman–Crippen MR) is 76.1 cm³/mol. The van der Waals surface area contributed by atoms with Crippen LogP contribution < -0.4 is 5.56 Å². The number of aromatic nitrogens is 2. The first-order valence-electron chi connectivity index (χ1n) is 6.17. The highest BCUT2D eigenvalue weighted by Gasteiger charge is 2.17. The lowest BCUT2D eigenvalue weighted by atomic mass is 10.2. The Balaban J connectivity index is 2.07. The lowest BCUT2D eigenvalue weighted by Crippen LogP contribution is -2.23. The van der Waals surface area contributed by atoms with E-state index < -0.39 is 0 Å². The number of halogens is 2. The van der Waals surface area contributed by atoms with E-state index >= 15 is 0 Å². The van der Waals surface area contributed by atoms with Gasteiger partial charge in [-0.1, -0.05) is 29.3 Å². The molecular formula is C14H12Cl2N2O. The van der Waals surface area contributed by atoms with Gasteiger partial charge < -0.3 is 4.57 Å². The van der Waals surface area contributed by atoms with E-state index in [4.69, 9.17) is 23.2 Å². The molecule has 1 aliphatic carbocycles. The maximum Gasteiger partial charge on any atom is 0.251 e. The molecule has 0 fully saturated rings. The van der Waals surface area contributed by atoms with Gasteiger partial charge in [-0.15, -0.1) is 0 Å². The molecule has 19 heavy (non-hydrogen) atoms. The summed E-state index contributed by atoms with van der Waals surface area (Å²) < 4.78 is 1.76. The normalized spacial score (nSPS) is 13.6. The number of aryl methyl sites for hydroxylation is 1. The molecule has 5 heteroatoms. The third kappa shape index (κ3) is 2.40. The molecule has 2 heterocycles. The average molecular weight is 295 g/mol. The van der Waals surface area contributed by atoms with Crippen LogP contribution in [0.1, 0.15) is 23.4 Å². The van der Waals surface area contributed by atoms with Crippen molar-refractivity contribution in [3.8, 4) is 0 Å². The van der Waals surface area contributed by atoms with Crippen LogP contribution in [0.2, 0.25) is 10.2 Å². The average Bonchev–Trinajstić information content (AvgIpc) is 2.85. The number of pyridine rings is 2.